The largest absolute Gasteiger partial charge is 0.372 e. The quantitative estimate of drug-likeness (QED) is 0.915. The molecule has 6 heteroatoms. The van der Waals surface area contributed by atoms with E-state index in [-0.39, 0.29) is 23.7 Å². The molecule has 0 aliphatic carbocycles. The van der Waals surface area contributed by atoms with Crippen LogP contribution in [0.2, 0.25) is 0 Å². The first-order valence-corrected chi connectivity index (χ1v) is 7.62. The minimum atomic E-state index is -0.268. The van der Waals surface area contributed by atoms with Gasteiger partial charge in [-0.3, -0.25) is 14.6 Å². The molecule has 0 bridgehead atoms. The Morgan fingerprint density at radius 3 is 2.70 bits per heavy atom. The molecule has 0 saturated carbocycles. The fourth-order valence-electron chi connectivity index (χ4n) is 2.87. The zero-order valence-electron chi connectivity index (χ0n) is 13.2. The van der Waals surface area contributed by atoms with Gasteiger partial charge in [0.2, 0.25) is 0 Å². The summed E-state index contributed by atoms with van der Waals surface area (Å²) in [4.78, 5) is 32.5. The number of hydrogen-bond donors (Lipinski definition) is 1. The van der Waals surface area contributed by atoms with Crippen LogP contribution >= 0.6 is 0 Å². The van der Waals surface area contributed by atoms with Crippen LogP contribution in [0, 0.1) is 0 Å². The standard InChI is InChI=1S/C17H19N3O3/c1-11-9-20(10-12(2)23-11)17(22)14-5-3-4-13(6-14)15-7-18-8-16(21)19-15/h3-8,11-12H,9-10H2,1-2H3,(H,19,21). The molecule has 23 heavy (non-hydrogen) atoms. The van der Waals surface area contributed by atoms with E-state index in [4.69, 9.17) is 4.74 Å². The number of amides is 1. The molecule has 1 aliphatic heterocycles. The average Bonchev–Trinajstić information content (AvgIpc) is 2.53. The van der Waals surface area contributed by atoms with Gasteiger partial charge in [0, 0.05) is 24.2 Å². The van der Waals surface area contributed by atoms with Crippen LogP contribution in [0.25, 0.3) is 11.3 Å². The first-order valence-electron chi connectivity index (χ1n) is 7.62. The second-order valence-corrected chi connectivity index (χ2v) is 5.86. The number of nitrogens with zero attached hydrogens (tertiary/aromatic N) is 2. The van der Waals surface area contributed by atoms with Gasteiger partial charge in [-0.25, -0.2) is 0 Å². The van der Waals surface area contributed by atoms with Crippen molar-refractivity contribution in [2.75, 3.05) is 13.1 Å². The number of aromatic amines is 1. The van der Waals surface area contributed by atoms with Crippen molar-refractivity contribution < 1.29 is 9.53 Å². The Bertz CT molecular complexity index is 761. The highest BCUT2D eigenvalue weighted by atomic mass is 16.5. The van der Waals surface area contributed by atoms with E-state index in [1.54, 1.807) is 24.4 Å². The van der Waals surface area contributed by atoms with Crippen LogP contribution in [0.1, 0.15) is 24.2 Å². The van der Waals surface area contributed by atoms with E-state index >= 15 is 0 Å². The van der Waals surface area contributed by atoms with Gasteiger partial charge in [0.05, 0.1) is 30.3 Å². The van der Waals surface area contributed by atoms with Gasteiger partial charge in [-0.2, -0.15) is 0 Å². The zero-order valence-corrected chi connectivity index (χ0v) is 13.2. The molecule has 1 aromatic heterocycles. The average molecular weight is 313 g/mol. The minimum Gasteiger partial charge on any atom is -0.372 e. The SMILES string of the molecule is CC1CN(C(=O)c2cccc(-c3cncc(=O)[nH]3)c2)CC(C)O1. The second-order valence-electron chi connectivity index (χ2n) is 5.86. The van der Waals surface area contributed by atoms with Crippen LogP contribution in [0.4, 0.5) is 0 Å². The lowest BCUT2D eigenvalue weighted by atomic mass is 10.1. The van der Waals surface area contributed by atoms with Crippen LogP contribution in [0.5, 0.6) is 0 Å². The van der Waals surface area contributed by atoms with Crippen molar-refractivity contribution in [3.05, 3.63) is 52.6 Å². The molecule has 1 aromatic carbocycles. The number of aromatic nitrogens is 2. The highest BCUT2D eigenvalue weighted by Gasteiger charge is 2.26. The van der Waals surface area contributed by atoms with Crippen molar-refractivity contribution in [3.63, 3.8) is 0 Å². The lowest BCUT2D eigenvalue weighted by molar-refractivity contribution is -0.0586. The highest BCUT2D eigenvalue weighted by molar-refractivity contribution is 5.95. The predicted molar refractivity (Wildman–Crippen MR) is 86.2 cm³/mol. The Balaban J connectivity index is 1.87. The van der Waals surface area contributed by atoms with Gasteiger partial charge in [-0.1, -0.05) is 12.1 Å². The number of rotatable bonds is 2. The van der Waals surface area contributed by atoms with E-state index in [9.17, 15) is 9.59 Å². The van der Waals surface area contributed by atoms with Crippen molar-refractivity contribution in [2.24, 2.45) is 0 Å². The predicted octanol–water partition coefficient (Wildman–Crippen LogP) is 1.69. The Morgan fingerprint density at radius 1 is 1.26 bits per heavy atom. The number of morpholine rings is 1. The normalized spacial score (nSPS) is 21.2. The molecule has 2 unspecified atom stereocenters. The van der Waals surface area contributed by atoms with Crippen LogP contribution < -0.4 is 5.56 Å². The zero-order chi connectivity index (χ0) is 16.4. The molecule has 3 rings (SSSR count). The summed E-state index contributed by atoms with van der Waals surface area (Å²) >= 11 is 0. The third-order valence-corrected chi connectivity index (χ3v) is 3.78. The summed E-state index contributed by atoms with van der Waals surface area (Å²) in [6.45, 7) is 5.09. The van der Waals surface area contributed by atoms with Gasteiger partial charge in [0.1, 0.15) is 0 Å². The monoisotopic (exact) mass is 313 g/mol. The number of carbonyl (C=O) groups excluding carboxylic acids is 1. The summed E-state index contributed by atoms with van der Waals surface area (Å²) in [5.41, 5.74) is 1.68. The van der Waals surface area contributed by atoms with Crippen LogP contribution in [0.15, 0.2) is 41.5 Å². The summed E-state index contributed by atoms with van der Waals surface area (Å²) in [7, 11) is 0. The molecule has 0 spiro atoms. The van der Waals surface area contributed by atoms with E-state index in [1.807, 2.05) is 24.8 Å². The Kier molecular flexibility index (Phi) is 4.25. The number of nitrogens with one attached hydrogen (secondary N) is 1. The Hall–Kier alpha value is -2.47. The van der Waals surface area contributed by atoms with Gasteiger partial charge in [0.15, 0.2) is 0 Å². The van der Waals surface area contributed by atoms with Crippen LogP contribution in [0.3, 0.4) is 0 Å². The minimum absolute atomic E-state index is 0.0277. The van der Waals surface area contributed by atoms with E-state index in [1.165, 1.54) is 6.20 Å². The third kappa shape index (κ3) is 3.48. The first kappa shape index (κ1) is 15.4. The van der Waals surface area contributed by atoms with E-state index in [0.717, 1.165) is 5.56 Å². The summed E-state index contributed by atoms with van der Waals surface area (Å²) in [6.07, 6.45) is 2.85. The van der Waals surface area contributed by atoms with Crippen molar-refractivity contribution in [3.8, 4) is 11.3 Å². The lowest BCUT2D eigenvalue weighted by Gasteiger charge is -2.35. The fraction of sp³-hybridized carbons (Fsp3) is 0.353. The van der Waals surface area contributed by atoms with E-state index in [0.29, 0.717) is 24.3 Å². The van der Waals surface area contributed by atoms with Gasteiger partial charge in [-0.05, 0) is 26.0 Å². The second kappa shape index (κ2) is 6.34. The van der Waals surface area contributed by atoms with E-state index < -0.39 is 0 Å². The molecule has 6 nitrogen and oxygen atoms in total. The Labute approximate surface area is 134 Å². The number of hydrogen-bond acceptors (Lipinski definition) is 4. The van der Waals surface area contributed by atoms with Gasteiger partial charge in [-0.15, -0.1) is 0 Å². The van der Waals surface area contributed by atoms with Gasteiger partial charge >= 0.3 is 0 Å². The van der Waals surface area contributed by atoms with Crippen molar-refractivity contribution >= 4 is 5.91 Å². The van der Waals surface area contributed by atoms with E-state index in [2.05, 4.69) is 9.97 Å². The van der Waals surface area contributed by atoms with Crippen LogP contribution in [-0.2, 0) is 4.74 Å². The van der Waals surface area contributed by atoms with Crippen molar-refractivity contribution in [1.82, 2.24) is 14.9 Å². The third-order valence-electron chi connectivity index (χ3n) is 3.78. The lowest BCUT2D eigenvalue weighted by Crippen LogP contribution is -2.48. The maximum absolute atomic E-state index is 12.7. The summed E-state index contributed by atoms with van der Waals surface area (Å²) in [5, 5.41) is 0. The van der Waals surface area contributed by atoms with Crippen molar-refractivity contribution in [2.45, 2.75) is 26.1 Å². The molecule has 1 aliphatic rings. The number of H-pyrrole nitrogens is 1. The van der Waals surface area contributed by atoms with Gasteiger partial charge < -0.3 is 14.6 Å². The first-order chi connectivity index (χ1) is 11.0. The fourth-order valence-corrected chi connectivity index (χ4v) is 2.87. The van der Waals surface area contributed by atoms with Crippen molar-refractivity contribution in [1.29, 1.82) is 0 Å². The molecule has 1 N–H and O–H groups in total. The summed E-state index contributed by atoms with van der Waals surface area (Å²) < 4.78 is 5.67. The van der Waals surface area contributed by atoms with Gasteiger partial charge in [0.25, 0.3) is 11.5 Å². The molecule has 2 atom stereocenters. The van der Waals surface area contributed by atoms with Crippen LogP contribution in [-0.4, -0.2) is 46.1 Å². The molecule has 1 amide bonds. The Morgan fingerprint density at radius 2 is 2.00 bits per heavy atom. The highest BCUT2D eigenvalue weighted by Crippen LogP contribution is 2.19. The molecule has 2 heterocycles. The summed E-state index contributed by atoms with van der Waals surface area (Å²) in [6, 6.07) is 7.21. The molecule has 1 fully saturated rings. The molecular weight excluding hydrogens is 294 g/mol. The number of carbonyl (C=O) groups is 1. The molecule has 0 radical (unpaired) electrons. The molecule has 1 saturated heterocycles. The molecular formula is C17H19N3O3. The smallest absolute Gasteiger partial charge is 0.266 e. The maximum atomic E-state index is 12.7. The molecule has 2 aromatic rings. The molecule has 120 valence electrons. The maximum Gasteiger partial charge on any atom is 0.266 e. The number of benzene rings is 1. The summed E-state index contributed by atoms with van der Waals surface area (Å²) in [5.74, 6) is -0.0277. The topological polar surface area (TPSA) is 75.3 Å². The number of ether oxygens (including phenoxy) is 1.